The minimum atomic E-state index is -0.340. The molecule has 5 heteroatoms. The second-order valence-electron chi connectivity index (χ2n) is 5.44. The molecule has 1 amide bonds. The van der Waals surface area contributed by atoms with Gasteiger partial charge < -0.3 is 9.80 Å². The fraction of sp³-hybridized carbons (Fsp3) is 0.846. The molecule has 5 nitrogen and oxygen atoms in total. The van der Waals surface area contributed by atoms with Gasteiger partial charge in [0.2, 0.25) is 5.91 Å². The van der Waals surface area contributed by atoms with Gasteiger partial charge in [-0.1, -0.05) is 0 Å². The first-order chi connectivity index (χ1) is 8.57. The molecular weight excluding hydrogens is 228 g/mol. The molecule has 2 rings (SSSR count). The number of hydrogen-bond donors (Lipinski definition) is 0. The van der Waals surface area contributed by atoms with E-state index in [4.69, 9.17) is 0 Å². The van der Waals surface area contributed by atoms with Crippen molar-refractivity contribution in [3.63, 3.8) is 0 Å². The molecule has 2 fully saturated rings. The second-order valence-corrected chi connectivity index (χ2v) is 5.44. The Kier molecular flexibility index (Phi) is 3.88. The maximum atomic E-state index is 11.3. The molecule has 0 atom stereocenters. The second kappa shape index (κ2) is 5.25. The van der Waals surface area contributed by atoms with Gasteiger partial charge in [0.15, 0.2) is 0 Å². The lowest BCUT2D eigenvalue weighted by Gasteiger charge is -2.47. The quantitative estimate of drug-likeness (QED) is 0.664. The van der Waals surface area contributed by atoms with Gasteiger partial charge in [0.05, 0.1) is 6.07 Å². The van der Waals surface area contributed by atoms with Gasteiger partial charge in [-0.05, 0) is 19.9 Å². The van der Waals surface area contributed by atoms with Crippen LogP contribution < -0.4 is 0 Å². The van der Waals surface area contributed by atoms with E-state index >= 15 is 0 Å². The lowest BCUT2D eigenvalue weighted by Crippen LogP contribution is -2.60. The smallest absolute Gasteiger partial charge is 0.219 e. The highest BCUT2D eigenvalue weighted by Gasteiger charge is 2.41. The van der Waals surface area contributed by atoms with Gasteiger partial charge in [0.1, 0.15) is 5.54 Å². The maximum absolute atomic E-state index is 11.3. The Morgan fingerprint density at radius 3 is 2.11 bits per heavy atom. The van der Waals surface area contributed by atoms with Gasteiger partial charge in [0.25, 0.3) is 0 Å². The van der Waals surface area contributed by atoms with Crippen molar-refractivity contribution in [3.05, 3.63) is 0 Å². The molecule has 18 heavy (non-hydrogen) atoms. The topological polar surface area (TPSA) is 50.6 Å². The zero-order chi connectivity index (χ0) is 13.2. The summed E-state index contributed by atoms with van der Waals surface area (Å²) in [5.74, 6) is 0.125. The SMILES string of the molecule is CC(=O)N1CCC(C#N)(N2CCN(C)CC2)CC1. The number of amides is 1. The zero-order valence-electron chi connectivity index (χ0n) is 11.4. The van der Waals surface area contributed by atoms with Crippen molar-refractivity contribution >= 4 is 5.91 Å². The molecule has 0 aliphatic carbocycles. The summed E-state index contributed by atoms with van der Waals surface area (Å²) in [7, 11) is 2.12. The average Bonchev–Trinajstić information content (AvgIpc) is 2.39. The number of carbonyl (C=O) groups is 1. The number of likely N-dealkylation sites (N-methyl/N-ethyl adjacent to an activating group) is 1. The summed E-state index contributed by atoms with van der Waals surface area (Å²) >= 11 is 0. The van der Waals surface area contributed by atoms with Crippen molar-refractivity contribution < 1.29 is 4.79 Å². The van der Waals surface area contributed by atoms with Crippen molar-refractivity contribution in [3.8, 4) is 6.07 Å². The molecule has 0 bridgehead atoms. The van der Waals surface area contributed by atoms with E-state index in [1.165, 1.54) is 0 Å². The van der Waals surface area contributed by atoms with Gasteiger partial charge >= 0.3 is 0 Å². The normalized spacial score (nSPS) is 25.7. The van der Waals surface area contributed by atoms with E-state index in [2.05, 4.69) is 22.9 Å². The first kappa shape index (κ1) is 13.3. The molecule has 2 aliphatic heterocycles. The molecule has 0 aromatic heterocycles. The maximum Gasteiger partial charge on any atom is 0.219 e. The van der Waals surface area contributed by atoms with E-state index in [0.29, 0.717) is 0 Å². The molecule has 2 aliphatic rings. The minimum absolute atomic E-state index is 0.125. The lowest BCUT2D eigenvalue weighted by atomic mass is 9.86. The van der Waals surface area contributed by atoms with Crippen molar-refractivity contribution in [2.24, 2.45) is 0 Å². The predicted octanol–water partition coefficient (Wildman–Crippen LogP) is 0.138. The van der Waals surface area contributed by atoms with Crippen LogP contribution in [0.4, 0.5) is 0 Å². The van der Waals surface area contributed by atoms with Gasteiger partial charge in [-0.25, -0.2) is 0 Å². The van der Waals surface area contributed by atoms with Crippen LogP contribution in [0.2, 0.25) is 0 Å². The monoisotopic (exact) mass is 250 g/mol. The molecule has 0 aromatic rings. The highest BCUT2D eigenvalue weighted by molar-refractivity contribution is 5.73. The molecule has 0 spiro atoms. The van der Waals surface area contributed by atoms with E-state index < -0.39 is 0 Å². The third-order valence-corrected chi connectivity index (χ3v) is 4.35. The van der Waals surface area contributed by atoms with Gasteiger partial charge in [0, 0.05) is 46.2 Å². The Labute approximate surface area is 109 Å². The number of nitriles is 1. The number of piperidine rings is 1. The molecule has 2 saturated heterocycles. The fourth-order valence-corrected chi connectivity index (χ4v) is 2.92. The van der Waals surface area contributed by atoms with Crippen LogP contribution in [0.25, 0.3) is 0 Å². The summed E-state index contributed by atoms with van der Waals surface area (Å²) in [4.78, 5) is 17.8. The number of nitrogens with zero attached hydrogens (tertiary/aromatic N) is 4. The molecule has 0 radical (unpaired) electrons. The molecule has 0 aromatic carbocycles. The molecule has 0 saturated carbocycles. The van der Waals surface area contributed by atoms with Crippen LogP contribution in [0, 0.1) is 11.3 Å². The first-order valence-corrected chi connectivity index (χ1v) is 6.68. The third kappa shape index (κ3) is 2.50. The van der Waals surface area contributed by atoms with Crippen LogP contribution in [0.1, 0.15) is 19.8 Å². The highest BCUT2D eigenvalue weighted by Crippen LogP contribution is 2.29. The van der Waals surface area contributed by atoms with E-state index in [0.717, 1.165) is 52.1 Å². The molecular formula is C13H22N4O. The fourth-order valence-electron chi connectivity index (χ4n) is 2.92. The largest absolute Gasteiger partial charge is 0.343 e. The number of hydrogen-bond acceptors (Lipinski definition) is 4. The third-order valence-electron chi connectivity index (χ3n) is 4.35. The summed E-state index contributed by atoms with van der Waals surface area (Å²) in [5, 5.41) is 9.58. The number of piperazine rings is 1. The Morgan fingerprint density at radius 2 is 1.67 bits per heavy atom. The number of rotatable bonds is 1. The van der Waals surface area contributed by atoms with Gasteiger partial charge in [-0.2, -0.15) is 5.26 Å². The van der Waals surface area contributed by atoms with E-state index in [9.17, 15) is 10.1 Å². The predicted molar refractivity (Wildman–Crippen MR) is 68.9 cm³/mol. The molecule has 2 heterocycles. The first-order valence-electron chi connectivity index (χ1n) is 6.68. The highest BCUT2D eigenvalue weighted by atomic mass is 16.2. The number of likely N-dealkylation sites (tertiary alicyclic amines) is 1. The van der Waals surface area contributed by atoms with E-state index in [-0.39, 0.29) is 11.4 Å². The van der Waals surface area contributed by atoms with Crippen LogP contribution in [-0.2, 0) is 4.79 Å². The molecule has 0 N–H and O–H groups in total. The van der Waals surface area contributed by atoms with Crippen molar-refractivity contribution in [1.29, 1.82) is 5.26 Å². The van der Waals surface area contributed by atoms with Gasteiger partial charge in [-0.15, -0.1) is 0 Å². The minimum Gasteiger partial charge on any atom is -0.343 e. The lowest BCUT2D eigenvalue weighted by molar-refractivity contribution is -0.131. The van der Waals surface area contributed by atoms with Crippen LogP contribution in [0.15, 0.2) is 0 Å². The summed E-state index contributed by atoms with van der Waals surface area (Å²) in [6.45, 7) is 7.02. The van der Waals surface area contributed by atoms with Gasteiger partial charge in [-0.3, -0.25) is 9.69 Å². The average molecular weight is 250 g/mol. The Hall–Kier alpha value is -1.12. The van der Waals surface area contributed by atoms with Crippen LogP contribution >= 0.6 is 0 Å². The zero-order valence-corrected chi connectivity index (χ0v) is 11.4. The molecule has 100 valence electrons. The van der Waals surface area contributed by atoms with Crippen LogP contribution in [-0.4, -0.2) is 72.5 Å². The molecule has 0 unspecified atom stereocenters. The van der Waals surface area contributed by atoms with Crippen molar-refractivity contribution in [1.82, 2.24) is 14.7 Å². The Bertz CT molecular complexity index is 346. The summed E-state index contributed by atoms with van der Waals surface area (Å²) in [5.41, 5.74) is -0.340. The van der Waals surface area contributed by atoms with Crippen LogP contribution in [0.5, 0.6) is 0 Å². The Balaban J connectivity index is 2.00. The Morgan fingerprint density at radius 1 is 1.11 bits per heavy atom. The number of carbonyl (C=O) groups excluding carboxylic acids is 1. The summed E-state index contributed by atoms with van der Waals surface area (Å²) in [6.07, 6.45) is 1.57. The van der Waals surface area contributed by atoms with E-state index in [1.54, 1.807) is 6.92 Å². The van der Waals surface area contributed by atoms with Crippen molar-refractivity contribution in [2.75, 3.05) is 46.3 Å². The van der Waals surface area contributed by atoms with E-state index in [1.807, 2.05) is 4.90 Å². The standard InChI is InChI=1S/C13H22N4O/c1-12(18)16-5-3-13(11-14,4-6-16)17-9-7-15(2)8-10-17/h3-10H2,1-2H3. The summed E-state index contributed by atoms with van der Waals surface area (Å²) in [6, 6.07) is 2.53. The summed E-state index contributed by atoms with van der Waals surface area (Å²) < 4.78 is 0. The van der Waals surface area contributed by atoms with Crippen LogP contribution in [0.3, 0.4) is 0 Å². The van der Waals surface area contributed by atoms with Crippen molar-refractivity contribution in [2.45, 2.75) is 25.3 Å².